The van der Waals surface area contributed by atoms with E-state index in [0.717, 1.165) is 24.3 Å². The van der Waals surface area contributed by atoms with E-state index in [1.807, 2.05) is 0 Å². The van der Waals surface area contributed by atoms with E-state index in [0.29, 0.717) is 12.1 Å². The van der Waals surface area contributed by atoms with Crippen molar-refractivity contribution in [1.29, 1.82) is 0 Å². The molecule has 0 radical (unpaired) electrons. The molecule has 0 aromatic heterocycles. The van der Waals surface area contributed by atoms with Crippen molar-refractivity contribution in [2.75, 3.05) is 13.2 Å². The maximum absolute atomic E-state index is 13.9. The van der Waals surface area contributed by atoms with Gasteiger partial charge in [-0.15, -0.1) is 0 Å². The van der Waals surface area contributed by atoms with Crippen LogP contribution in [0.3, 0.4) is 0 Å². The van der Waals surface area contributed by atoms with Crippen LogP contribution in [-0.4, -0.2) is 25.2 Å². The van der Waals surface area contributed by atoms with Gasteiger partial charge in [0.25, 0.3) is 0 Å². The summed E-state index contributed by atoms with van der Waals surface area (Å²) in [6.07, 6.45) is -9.34. The van der Waals surface area contributed by atoms with Crippen molar-refractivity contribution in [2.45, 2.75) is 31.6 Å². The number of ether oxygens (including phenoxy) is 2. The molecule has 2 aromatic carbocycles. The summed E-state index contributed by atoms with van der Waals surface area (Å²) in [4.78, 5) is 23.6. The van der Waals surface area contributed by atoms with Gasteiger partial charge in [-0.3, -0.25) is 0 Å². The third-order valence-corrected chi connectivity index (χ3v) is 4.30. The van der Waals surface area contributed by atoms with Gasteiger partial charge in [-0.2, -0.15) is 26.3 Å². The maximum atomic E-state index is 13.9. The van der Waals surface area contributed by atoms with Crippen LogP contribution in [0.4, 0.5) is 35.1 Å². The van der Waals surface area contributed by atoms with Crippen LogP contribution in [-0.2, 0) is 21.8 Å². The van der Waals surface area contributed by atoms with Crippen molar-refractivity contribution in [3.05, 3.63) is 70.3 Å². The Balaban J connectivity index is 1.76. The lowest BCUT2D eigenvalue weighted by Gasteiger charge is -2.11. The number of hydrogen-bond acceptors (Lipinski definition) is 4. The summed E-state index contributed by atoms with van der Waals surface area (Å²) in [5.41, 5.74) is -4.95. The number of carbonyl (C=O) groups is 2. The first-order valence-electron chi connectivity index (χ1n) is 9.39. The van der Waals surface area contributed by atoms with E-state index in [4.69, 9.17) is 9.47 Å². The normalized spacial score (nSPS) is 11.9. The third kappa shape index (κ3) is 6.90. The first-order valence-corrected chi connectivity index (χ1v) is 9.39. The van der Waals surface area contributed by atoms with Crippen LogP contribution in [0.25, 0.3) is 0 Å². The molecule has 0 heterocycles. The number of rotatable bonds is 8. The summed E-state index contributed by atoms with van der Waals surface area (Å²) in [7, 11) is 0. The van der Waals surface area contributed by atoms with Gasteiger partial charge in [0, 0.05) is 0 Å². The summed E-state index contributed by atoms with van der Waals surface area (Å²) in [5.74, 6) is -6.07. The number of esters is 2. The summed E-state index contributed by atoms with van der Waals surface area (Å²) in [6, 6.07) is 4.39. The molecule has 12 heteroatoms. The highest BCUT2D eigenvalue weighted by atomic mass is 19.4. The largest absolute Gasteiger partial charge is 0.462 e. The van der Waals surface area contributed by atoms with E-state index in [2.05, 4.69) is 0 Å². The summed E-state index contributed by atoms with van der Waals surface area (Å²) in [6.45, 7) is -0.546. The lowest BCUT2D eigenvalue weighted by Crippen LogP contribution is -2.15. The lowest BCUT2D eigenvalue weighted by atomic mass is 10.1. The zero-order valence-corrected chi connectivity index (χ0v) is 16.7. The zero-order valence-electron chi connectivity index (χ0n) is 16.7. The molecule has 2 aromatic rings. The highest BCUT2D eigenvalue weighted by molar-refractivity contribution is 5.90. The lowest BCUT2D eigenvalue weighted by molar-refractivity contribution is -0.140. The van der Waals surface area contributed by atoms with Crippen molar-refractivity contribution >= 4 is 11.9 Å². The minimum Gasteiger partial charge on any atom is -0.462 e. The summed E-state index contributed by atoms with van der Waals surface area (Å²) in [5, 5.41) is 0. The Morgan fingerprint density at radius 1 is 0.636 bits per heavy atom. The molecule has 0 spiro atoms. The highest BCUT2D eigenvalue weighted by Crippen LogP contribution is 2.33. The van der Waals surface area contributed by atoms with Gasteiger partial charge >= 0.3 is 24.3 Å². The fourth-order valence-corrected chi connectivity index (χ4v) is 2.68. The van der Waals surface area contributed by atoms with Crippen LogP contribution < -0.4 is 0 Å². The molecule has 0 amide bonds. The Hall–Kier alpha value is -3.18. The number of carbonyl (C=O) groups excluding carboxylic acids is 2. The molecule has 0 bridgehead atoms. The molecule has 4 nitrogen and oxygen atoms in total. The molecule has 0 aliphatic carbocycles. The van der Waals surface area contributed by atoms with E-state index in [-0.39, 0.29) is 32.5 Å². The molecule has 2 rings (SSSR count). The van der Waals surface area contributed by atoms with Gasteiger partial charge in [0.2, 0.25) is 0 Å². The second kappa shape index (κ2) is 10.6. The zero-order chi connectivity index (χ0) is 24.8. The molecule has 0 saturated heterocycles. The van der Waals surface area contributed by atoms with E-state index >= 15 is 0 Å². The molecule has 0 aliphatic heterocycles. The van der Waals surface area contributed by atoms with Gasteiger partial charge in [-0.05, 0) is 43.5 Å². The van der Waals surface area contributed by atoms with Crippen LogP contribution in [0.15, 0.2) is 36.4 Å². The molecule has 180 valence electrons. The van der Waals surface area contributed by atoms with Crippen LogP contribution in [0.2, 0.25) is 0 Å². The smallest absolute Gasteiger partial charge is 0.419 e. The Kier molecular flexibility index (Phi) is 8.39. The molecule has 0 N–H and O–H groups in total. The number of unbranched alkanes of at least 4 members (excludes halogenated alkanes) is 2. The van der Waals surface area contributed by atoms with Crippen molar-refractivity contribution in [1.82, 2.24) is 0 Å². The van der Waals surface area contributed by atoms with Gasteiger partial charge in [0.15, 0.2) is 0 Å². The first-order chi connectivity index (χ1) is 15.3. The monoisotopic (exact) mass is 484 g/mol. The average Bonchev–Trinajstić information content (AvgIpc) is 2.71. The summed E-state index contributed by atoms with van der Waals surface area (Å²) >= 11 is 0. The number of halogens is 8. The highest BCUT2D eigenvalue weighted by Gasteiger charge is 2.37. The van der Waals surface area contributed by atoms with Gasteiger partial charge in [-0.1, -0.05) is 12.1 Å². The van der Waals surface area contributed by atoms with Crippen LogP contribution in [0.1, 0.15) is 51.1 Å². The Morgan fingerprint density at radius 2 is 1.00 bits per heavy atom. The summed E-state index contributed by atoms with van der Waals surface area (Å²) < 4.78 is 113. The minimum atomic E-state index is -4.98. The number of alkyl halides is 6. The van der Waals surface area contributed by atoms with Gasteiger partial charge in [0.1, 0.15) is 11.6 Å². The van der Waals surface area contributed by atoms with Crippen molar-refractivity contribution < 1.29 is 54.2 Å². The topological polar surface area (TPSA) is 52.6 Å². The van der Waals surface area contributed by atoms with Crippen LogP contribution >= 0.6 is 0 Å². The molecular formula is C21H16F8O4. The Bertz CT molecular complexity index is 919. The fraction of sp³-hybridized carbons (Fsp3) is 0.333. The average molecular weight is 484 g/mol. The molecule has 0 aliphatic rings. The van der Waals surface area contributed by atoms with Gasteiger partial charge < -0.3 is 9.47 Å². The molecule has 0 atom stereocenters. The van der Waals surface area contributed by atoms with Crippen molar-refractivity contribution in [3.8, 4) is 0 Å². The van der Waals surface area contributed by atoms with Crippen molar-refractivity contribution in [2.24, 2.45) is 0 Å². The third-order valence-electron chi connectivity index (χ3n) is 4.30. The van der Waals surface area contributed by atoms with Crippen LogP contribution in [0.5, 0.6) is 0 Å². The first kappa shape index (κ1) is 26.1. The van der Waals surface area contributed by atoms with Crippen LogP contribution in [0, 0.1) is 11.6 Å². The minimum absolute atomic E-state index is 0.168. The second-order valence-corrected chi connectivity index (χ2v) is 6.66. The van der Waals surface area contributed by atoms with Gasteiger partial charge in [-0.25, -0.2) is 18.4 Å². The Morgan fingerprint density at radius 3 is 1.33 bits per heavy atom. The van der Waals surface area contributed by atoms with E-state index in [1.54, 1.807) is 0 Å². The van der Waals surface area contributed by atoms with E-state index in [1.165, 1.54) is 0 Å². The SMILES string of the molecule is O=C(OCCCCCOC(=O)c1cccc(C(F)(F)F)c1F)c1cccc(C(F)(F)F)c1F. The quantitative estimate of drug-likeness (QED) is 0.255. The second-order valence-electron chi connectivity index (χ2n) is 6.66. The number of benzene rings is 2. The standard InChI is InChI=1S/C21H16F8O4/c22-16-12(6-4-8-14(16)20(24,25)26)18(30)32-10-2-1-3-11-33-19(31)13-7-5-9-15(17(13)23)21(27,28)29/h4-9H,1-3,10-11H2. The molecule has 0 fully saturated rings. The van der Waals surface area contributed by atoms with Gasteiger partial charge in [0.05, 0.1) is 35.5 Å². The fourth-order valence-electron chi connectivity index (χ4n) is 2.68. The number of hydrogen-bond donors (Lipinski definition) is 0. The van der Waals surface area contributed by atoms with E-state index in [9.17, 15) is 44.7 Å². The molecule has 0 saturated carbocycles. The molecular weight excluding hydrogens is 468 g/mol. The maximum Gasteiger partial charge on any atom is 0.419 e. The predicted molar refractivity (Wildman–Crippen MR) is 97.2 cm³/mol. The van der Waals surface area contributed by atoms with E-state index < -0.39 is 58.2 Å². The molecule has 33 heavy (non-hydrogen) atoms. The Labute approximate surface area is 182 Å². The van der Waals surface area contributed by atoms with Crippen molar-refractivity contribution in [3.63, 3.8) is 0 Å². The molecule has 0 unspecified atom stereocenters. The predicted octanol–water partition coefficient (Wildman–Crippen LogP) is 6.19.